The third-order valence-corrected chi connectivity index (χ3v) is 2.73. The molecule has 4 heteroatoms. The van der Waals surface area contributed by atoms with Crippen LogP contribution in [0.15, 0.2) is 36.4 Å². The number of hydrogen-bond acceptors (Lipinski definition) is 3. The highest BCUT2D eigenvalue weighted by atomic mass is 32.2. The van der Waals surface area contributed by atoms with Crippen molar-refractivity contribution in [2.75, 3.05) is 19.1 Å². The van der Waals surface area contributed by atoms with Crippen LogP contribution in [0, 0.1) is 0 Å². The van der Waals surface area contributed by atoms with Crippen LogP contribution in [-0.4, -0.2) is 35.8 Å². The van der Waals surface area contributed by atoms with E-state index in [0.717, 1.165) is 10.5 Å². The normalized spacial score (nSPS) is 10.5. The van der Waals surface area contributed by atoms with Crippen molar-refractivity contribution in [3.8, 4) is 0 Å². The molecule has 1 rings (SSSR count). The topological polar surface area (TPSA) is 37.4 Å². The van der Waals surface area contributed by atoms with E-state index in [1.54, 1.807) is 6.08 Å². The van der Waals surface area contributed by atoms with E-state index in [1.165, 1.54) is 24.9 Å². The predicted octanol–water partition coefficient (Wildman–Crippen LogP) is 2.05. The number of thioether (sulfide) groups is 1. The Hall–Kier alpha value is -1.55. The molecule has 0 aromatic heterocycles. The van der Waals surface area contributed by atoms with Gasteiger partial charge in [0.05, 0.1) is 5.75 Å². The SMILES string of the molecule is CSCC(=O)N(C)C(=O)C=Cc1ccccc1. The summed E-state index contributed by atoms with van der Waals surface area (Å²) in [5, 5.41) is 0. The number of carbonyl (C=O) groups is 2. The van der Waals surface area contributed by atoms with Gasteiger partial charge >= 0.3 is 0 Å². The Morgan fingerprint density at radius 3 is 2.53 bits per heavy atom. The minimum atomic E-state index is -0.298. The Morgan fingerprint density at radius 2 is 1.94 bits per heavy atom. The van der Waals surface area contributed by atoms with E-state index in [0.29, 0.717) is 5.75 Å². The summed E-state index contributed by atoms with van der Waals surface area (Å²) in [6.07, 6.45) is 4.94. The first-order valence-electron chi connectivity index (χ1n) is 5.17. The molecule has 0 saturated heterocycles. The van der Waals surface area contributed by atoms with Crippen LogP contribution >= 0.6 is 11.8 Å². The van der Waals surface area contributed by atoms with E-state index in [2.05, 4.69) is 0 Å². The summed E-state index contributed by atoms with van der Waals surface area (Å²) in [4.78, 5) is 24.2. The van der Waals surface area contributed by atoms with E-state index in [1.807, 2.05) is 36.6 Å². The van der Waals surface area contributed by atoms with Crippen molar-refractivity contribution in [1.82, 2.24) is 4.90 Å². The number of rotatable bonds is 4. The van der Waals surface area contributed by atoms with Crippen molar-refractivity contribution < 1.29 is 9.59 Å². The van der Waals surface area contributed by atoms with Crippen LogP contribution in [0.2, 0.25) is 0 Å². The van der Waals surface area contributed by atoms with Crippen LogP contribution in [0.5, 0.6) is 0 Å². The Labute approximate surface area is 106 Å². The second kappa shape index (κ2) is 6.91. The molecule has 1 aromatic rings. The van der Waals surface area contributed by atoms with E-state index in [4.69, 9.17) is 0 Å². The summed E-state index contributed by atoms with van der Waals surface area (Å²) < 4.78 is 0. The van der Waals surface area contributed by atoms with Gasteiger partial charge < -0.3 is 0 Å². The van der Waals surface area contributed by atoms with Gasteiger partial charge in [0, 0.05) is 13.1 Å². The van der Waals surface area contributed by atoms with Crippen molar-refractivity contribution in [3.63, 3.8) is 0 Å². The lowest BCUT2D eigenvalue weighted by molar-refractivity contribution is -0.138. The Morgan fingerprint density at radius 1 is 1.29 bits per heavy atom. The van der Waals surface area contributed by atoms with Gasteiger partial charge in [-0.25, -0.2) is 0 Å². The van der Waals surface area contributed by atoms with Crippen molar-refractivity contribution in [3.05, 3.63) is 42.0 Å². The Kier molecular flexibility index (Phi) is 5.49. The molecular formula is C13H15NO2S. The van der Waals surface area contributed by atoms with Gasteiger partial charge in [-0.15, -0.1) is 0 Å². The zero-order valence-electron chi connectivity index (χ0n) is 9.92. The van der Waals surface area contributed by atoms with Crippen molar-refractivity contribution in [1.29, 1.82) is 0 Å². The molecule has 0 aliphatic rings. The highest BCUT2D eigenvalue weighted by Gasteiger charge is 2.12. The molecule has 0 aliphatic heterocycles. The second-order valence-electron chi connectivity index (χ2n) is 3.47. The second-order valence-corrected chi connectivity index (χ2v) is 4.33. The van der Waals surface area contributed by atoms with Gasteiger partial charge in [-0.3, -0.25) is 14.5 Å². The van der Waals surface area contributed by atoms with Gasteiger partial charge in [0.2, 0.25) is 5.91 Å². The Balaban J connectivity index is 2.60. The van der Waals surface area contributed by atoms with Crippen LogP contribution in [0.25, 0.3) is 6.08 Å². The van der Waals surface area contributed by atoms with Gasteiger partial charge in [-0.2, -0.15) is 11.8 Å². The van der Waals surface area contributed by atoms with Crippen LogP contribution in [-0.2, 0) is 9.59 Å². The molecule has 17 heavy (non-hydrogen) atoms. The summed E-state index contributed by atoms with van der Waals surface area (Å²) in [7, 11) is 1.50. The molecule has 0 N–H and O–H groups in total. The fourth-order valence-electron chi connectivity index (χ4n) is 1.19. The van der Waals surface area contributed by atoms with Crippen molar-refractivity contribution in [2.45, 2.75) is 0 Å². The molecule has 1 aromatic carbocycles. The highest BCUT2D eigenvalue weighted by molar-refractivity contribution is 7.99. The van der Waals surface area contributed by atoms with E-state index < -0.39 is 0 Å². The summed E-state index contributed by atoms with van der Waals surface area (Å²) in [5.41, 5.74) is 0.937. The third-order valence-electron chi connectivity index (χ3n) is 2.19. The first-order valence-corrected chi connectivity index (χ1v) is 6.57. The molecule has 0 bridgehead atoms. The van der Waals surface area contributed by atoms with Crippen LogP contribution in [0.3, 0.4) is 0 Å². The number of nitrogens with zero attached hydrogens (tertiary/aromatic N) is 1. The average molecular weight is 249 g/mol. The quantitative estimate of drug-likeness (QED) is 0.766. The molecule has 2 amide bonds. The molecule has 0 unspecified atom stereocenters. The minimum absolute atomic E-state index is 0.180. The van der Waals surface area contributed by atoms with Gasteiger partial charge in [0.25, 0.3) is 5.91 Å². The lowest BCUT2D eigenvalue weighted by atomic mass is 10.2. The number of hydrogen-bond donors (Lipinski definition) is 0. The molecule has 0 fully saturated rings. The van der Waals surface area contributed by atoms with Crippen LogP contribution in [0.4, 0.5) is 0 Å². The smallest absolute Gasteiger partial charge is 0.252 e. The first-order chi connectivity index (χ1) is 8.15. The van der Waals surface area contributed by atoms with E-state index in [9.17, 15) is 9.59 Å². The maximum Gasteiger partial charge on any atom is 0.252 e. The maximum atomic E-state index is 11.6. The number of benzene rings is 1. The zero-order chi connectivity index (χ0) is 12.7. The predicted molar refractivity (Wildman–Crippen MR) is 71.6 cm³/mol. The average Bonchev–Trinajstić information content (AvgIpc) is 2.36. The molecule has 0 spiro atoms. The number of amides is 2. The number of carbonyl (C=O) groups excluding carboxylic acids is 2. The molecule has 0 heterocycles. The fourth-order valence-corrected chi connectivity index (χ4v) is 1.63. The monoisotopic (exact) mass is 249 g/mol. The van der Waals surface area contributed by atoms with Gasteiger partial charge in [-0.05, 0) is 17.9 Å². The first kappa shape index (κ1) is 13.5. The van der Waals surface area contributed by atoms with Crippen LogP contribution < -0.4 is 0 Å². The molecule has 3 nitrogen and oxygen atoms in total. The zero-order valence-corrected chi connectivity index (χ0v) is 10.7. The summed E-state index contributed by atoms with van der Waals surface area (Å²) in [6, 6.07) is 9.49. The highest BCUT2D eigenvalue weighted by Crippen LogP contribution is 2.02. The standard InChI is InChI=1S/C13H15NO2S/c1-14(13(16)10-17-2)12(15)9-8-11-6-4-3-5-7-11/h3-9H,10H2,1-2H3. The van der Waals surface area contributed by atoms with Gasteiger partial charge in [-0.1, -0.05) is 30.3 Å². The molecule has 0 radical (unpaired) electrons. The summed E-state index contributed by atoms with van der Waals surface area (Å²) in [6.45, 7) is 0. The minimum Gasteiger partial charge on any atom is -0.281 e. The largest absolute Gasteiger partial charge is 0.281 e. The number of imide groups is 1. The third kappa shape index (κ3) is 4.44. The van der Waals surface area contributed by atoms with Gasteiger partial charge in [0.1, 0.15) is 0 Å². The fraction of sp³-hybridized carbons (Fsp3) is 0.231. The lowest BCUT2D eigenvalue weighted by Crippen LogP contribution is -2.33. The van der Waals surface area contributed by atoms with E-state index in [-0.39, 0.29) is 11.8 Å². The number of likely N-dealkylation sites (N-methyl/N-ethyl adjacent to an activating group) is 1. The Bertz CT molecular complexity index is 415. The van der Waals surface area contributed by atoms with E-state index >= 15 is 0 Å². The van der Waals surface area contributed by atoms with Gasteiger partial charge in [0.15, 0.2) is 0 Å². The lowest BCUT2D eigenvalue weighted by Gasteiger charge is -2.11. The molecule has 0 atom stereocenters. The summed E-state index contributed by atoms with van der Waals surface area (Å²) >= 11 is 1.40. The van der Waals surface area contributed by atoms with Crippen molar-refractivity contribution >= 4 is 29.7 Å². The maximum absolute atomic E-state index is 11.6. The molecular weight excluding hydrogens is 234 g/mol. The van der Waals surface area contributed by atoms with Crippen molar-refractivity contribution in [2.24, 2.45) is 0 Å². The van der Waals surface area contributed by atoms with Crippen LogP contribution in [0.1, 0.15) is 5.56 Å². The molecule has 90 valence electrons. The molecule has 0 aliphatic carbocycles. The summed E-state index contributed by atoms with van der Waals surface area (Å²) in [5.74, 6) is -0.158. The molecule has 0 saturated carbocycles.